The van der Waals surface area contributed by atoms with Crippen molar-refractivity contribution in [2.75, 3.05) is 0 Å². The highest BCUT2D eigenvalue weighted by molar-refractivity contribution is 5.81. The molecule has 0 radical (unpaired) electrons. The fourth-order valence-corrected chi connectivity index (χ4v) is 4.43. The molecule has 0 saturated heterocycles. The Hall–Kier alpha value is -1.06. The minimum atomic E-state index is -0.843. The molecule has 0 aromatic carbocycles. The van der Waals surface area contributed by atoms with Crippen LogP contribution in [0, 0.1) is 23.7 Å². The van der Waals surface area contributed by atoms with E-state index >= 15 is 0 Å². The maximum Gasteiger partial charge on any atom is 0.310 e. The smallest absolute Gasteiger partial charge is 0.310 e. The van der Waals surface area contributed by atoms with E-state index in [1.165, 1.54) is 32.1 Å². The molecule has 170 valence electrons. The lowest BCUT2D eigenvalue weighted by Gasteiger charge is -2.29. The summed E-state index contributed by atoms with van der Waals surface area (Å²) in [6, 6.07) is 0. The van der Waals surface area contributed by atoms with Crippen LogP contribution in [0.25, 0.3) is 0 Å². The first-order valence-corrected chi connectivity index (χ1v) is 12.2. The van der Waals surface area contributed by atoms with Crippen LogP contribution in [0.1, 0.15) is 118 Å². The third kappa shape index (κ3) is 11.6. The summed E-state index contributed by atoms with van der Waals surface area (Å²) in [5, 5.41) is 9.46. The SMILES string of the molecule is CC(C)CCCCCCCC(CCCC(C)C)OC(=O)C1CCCCC1C(=O)O. The Labute approximate surface area is 179 Å². The first-order chi connectivity index (χ1) is 13.8. The van der Waals surface area contributed by atoms with Gasteiger partial charge in [-0.05, 0) is 50.4 Å². The van der Waals surface area contributed by atoms with E-state index in [0.29, 0.717) is 18.8 Å². The second-order valence-corrected chi connectivity index (χ2v) is 9.96. The first-order valence-electron chi connectivity index (χ1n) is 12.2. The van der Waals surface area contributed by atoms with Crippen LogP contribution in [0.5, 0.6) is 0 Å². The Morgan fingerprint density at radius 3 is 1.83 bits per heavy atom. The average Bonchev–Trinajstić information content (AvgIpc) is 2.66. The van der Waals surface area contributed by atoms with Gasteiger partial charge < -0.3 is 9.84 Å². The van der Waals surface area contributed by atoms with Crippen molar-refractivity contribution in [3.63, 3.8) is 0 Å². The van der Waals surface area contributed by atoms with Gasteiger partial charge in [0.2, 0.25) is 0 Å². The van der Waals surface area contributed by atoms with Crippen molar-refractivity contribution in [2.24, 2.45) is 23.7 Å². The van der Waals surface area contributed by atoms with E-state index in [-0.39, 0.29) is 12.1 Å². The lowest BCUT2D eigenvalue weighted by Crippen LogP contribution is -2.35. The summed E-state index contributed by atoms with van der Waals surface area (Å²) >= 11 is 0. The minimum absolute atomic E-state index is 0.0479. The van der Waals surface area contributed by atoms with Gasteiger partial charge >= 0.3 is 11.9 Å². The number of esters is 1. The number of carboxylic acid groups (broad SMARTS) is 1. The standard InChI is InChI=1S/C25H46O4/c1-19(2)13-8-6-5-7-9-15-21(16-12-14-20(3)4)29-25(28)23-18-11-10-17-22(23)24(26)27/h19-23H,5-18H2,1-4H3,(H,26,27). The summed E-state index contributed by atoms with van der Waals surface area (Å²) in [5.41, 5.74) is 0. The molecule has 4 nitrogen and oxygen atoms in total. The van der Waals surface area contributed by atoms with Gasteiger partial charge in [0.05, 0.1) is 11.8 Å². The molecule has 0 heterocycles. The average molecular weight is 411 g/mol. The molecule has 1 aliphatic carbocycles. The third-order valence-corrected chi connectivity index (χ3v) is 6.28. The molecule has 0 bridgehead atoms. The predicted octanol–water partition coefficient (Wildman–Crippen LogP) is 7.00. The molecule has 0 spiro atoms. The molecule has 29 heavy (non-hydrogen) atoms. The largest absolute Gasteiger partial charge is 0.481 e. The Bertz CT molecular complexity index is 458. The highest BCUT2D eigenvalue weighted by Crippen LogP contribution is 2.32. The Balaban J connectivity index is 2.46. The number of unbranched alkanes of at least 4 members (excludes halogenated alkanes) is 4. The van der Waals surface area contributed by atoms with Gasteiger partial charge in [0.15, 0.2) is 0 Å². The van der Waals surface area contributed by atoms with E-state index in [0.717, 1.165) is 50.9 Å². The normalized spacial score (nSPS) is 20.8. The van der Waals surface area contributed by atoms with Crippen molar-refractivity contribution in [1.29, 1.82) is 0 Å². The van der Waals surface area contributed by atoms with Crippen molar-refractivity contribution >= 4 is 11.9 Å². The molecule has 0 aromatic heterocycles. The number of carboxylic acids is 1. The fourth-order valence-electron chi connectivity index (χ4n) is 4.43. The van der Waals surface area contributed by atoms with Gasteiger partial charge in [0.1, 0.15) is 6.10 Å². The van der Waals surface area contributed by atoms with Crippen LogP contribution in [0.3, 0.4) is 0 Å². The van der Waals surface area contributed by atoms with Crippen LogP contribution in [0.15, 0.2) is 0 Å². The molecule has 1 aliphatic rings. The molecule has 1 fully saturated rings. The van der Waals surface area contributed by atoms with Gasteiger partial charge in [-0.1, -0.05) is 79.1 Å². The maximum atomic E-state index is 12.8. The second kappa shape index (κ2) is 14.8. The van der Waals surface area contributed by atoms with Crippen molar-refractivity contribution in [2.45, 2.75) is 124 Å². The van der Waals surface area contributed by atoms with E-state index in [1.54, 1.807) is 0 Å². The summed E-state index contributed by atoms with van der Waals surface area (Å²) in [7, 11) is 0. The zero-order chi connectivity index (χ0) is 21.6. The number of aliphatic carboxylic acids is 1. The minimum Gasteiger partial charge on any atom is -0.481 e. The molecule has 4 heteroatoms. The zero-order valence-corrected chi connectivity index (χ0v) is 19.5. The molecule has 3 atom stereocenters. The predicted molar refractivity (Wildman–Crippen MR) is 119 cm³/mol. The van der Waals surface area contributed by atoms with E-state index in [4.69, 9.17) is 4.74 Å². The summed E-state index contributed by atoms with van der Waals surface area (Å²) in [4.78, 5) is 24.3. The number of hydrogen-bond acceptors (Lipinski definition) is 3. The monoisotopic (exact) mass is 410 g/mol. The van der Waals surface area contributed by atoms with Crippen molar-refractivity contribution < 1.29 is 19.4 Å². The van der Waals surface area contributed by atoms with E-state index in [9.17, 15) is 14.7 Å². The van der Waals surface area contributed by atoms with E-state index in [2.05, 4.69) is 27.7 Å². The number of rotatable bonds is 15. The van der Waals surface area contributed by atoms with Crippen LogP contribution >= 0.6 is 0 Å². The fraction of sp³-hybridized carbons (Fsp3) is 0.920. The third-order valence-electron chi connectivity index (χ3n) is 6.28. The van der Waals surface area contributed by atoms with Crippen molar-refractivity contribution in [3.05, 3.63) is 0 Å². The van der Waals surface area contributed by atoms with E-state index in [1.807, 2.05) is 0 Å². The first kappa shape index (κ1) is 26.0. The number of ether oxygens (including phenoxy) is 1. The van der Waals surface area contributed by atoms with Gasteiger partial charge in [0.25, 0.3) is 0 Å². The molecule has 0 aliphatic heterocycles. The molecule has 0 aromatic rings. The summed E-state index contributed by atoms with van der Waals surface area (Å²) in [6.45, 7) is 8.99. The maximum absolute atomic E-state index is 12.8. The number of carbonyl (C=O) groups is 2. The van der Waals surface area contributed by atoms with Gasteiger partial charge in [-0.3, -0.25) is 9.59 Å². The molecule has 1 N–H and O–H groups in total. The van der Waals surface area contributed by atoms with Crippen LogP contribution in [0.4, 0.5) is 0 Å². The Morgan fingerprint density at radius 2 is 1.24 bits per heavy atom. The highest BCUT2D eigenvalue weighted by atomic mass is 16.5. The number of carbonyl (C=O) groups excluding carboxylic acids is 1. The molecule has 3 unspecified atom stereocenters. The number of hydrogen-bond donors (Lipinski definition) is 1. The molecular formula is C25H46O4. The topological polar surface area (TPSA) is 63.6 Å². The van der Waals surface area contributed by atoms with Gasteiger partial charge in [-0.2, -0.15) is 0 Å². The second-order valence-electron chi connectivity index (χ2n) is 9.96. The summed E-state index contributed by atoms with van der Waals surface area (Å²) in [5.74, 6) is -0.678. The lowest BCUT2D eigenvalue weighted by atomic mass is 9.79. The van der Waals surface area contributed by atoms with Crippen LogP contribution in [0.2, 0.25) is 0 Å². The summed E-state index contributed by atoms with van der Waals surface area (Å²) in [6.07, 6.45) is 14.5. The van der Waals surface area contributed by atoms with E-state index < -0.39 is 17.8 Å². The van der Waals surface area contributed by atoms with Gasteiger partial charge in [-0.25, -0.2) is 0 Å². The van der Waals surface area contributed by atoms with Crippen LogP contribution in [-0.2, 0) is 14.3 Å². The molecule has 1 saturated carbocycles. The molecular weight excluding hydrogens is 364 g/mol. The lowest BCUT2D eigenvalue weighted by molar-refractivity contribution is -0.164. The van der Waals surface area contributed by atoms with Crippen molar-refractivity contribution in [1.82, 2.24) is 0 Å². The Morgan fingerprint density at radius 1 is 0.759 bits per heavy atom. The summed E-state index contributed by atoms with van der Waals surface area (Å²) < 4.78 is 5.91. The molecule has 0 amide bonds. The van der Waals surface area contributed by atoms with Crippen LogP contribution in [-0.4, -0.2) is 23.1 Å². The van der Waals surface area contributed by atoms with Gasteiger partial charge in [-0.15, -0.1) is 0 Å². The highest BCUT2D eigenvalue weighted by Gasteiger charge is 2.37. The van der Waals surface area contributed by atoms with Gasteiger partial charge in [0, 0.05) is 0 Å². The quantitative estimate of drug-likeness (QED) is 0.233. The Kier molecular flexibility index (Phi) is 13.3. The van der Waals surface area contributed by atoms with Crippen LogP contribution < -0.4 is 0 Å². The zero-order valence-electron chi connectivity index (χ0n) is 19.5. The van der Waals surface area contributed by atoms with Crippen molar-refractivity contribution in [3.8, 4) is 0 Å². The molecule has 1 rings (SSSR count).